The summed E-state index contributed by atoms with van der Waals surface area (Å²) in [4.78, 5) is 0. The second-order valence-corrected chi connectivity index (χ2v) is 3.67. The molecule has 2 heteroatoms. The van der Waals surface area contributed by atoms with E-state index in [-0.39, 0.29) is 5.48 Å². The minimum Gasteiger partial charge on any atom is -0.870 e. The van der Waals surface area contributed by atoms with Crippen LogP contribution in [-0.2, 0) is 0 Å². The zero-order valence-electron chi connectivity index (χ0n) is 9.39. The van der Waals surface area contributed by atoms with E-state index in [1.165, 1.54) is 57.9 Å². The molecule has 0 spiro atoms. The number of rotatable bonds is 9. The van der Waals surface area contributed by atoms with Gasteiger partial charge in [-0.2, -0.15) is 0 Å². The van der Waals surface area contributed by atoms with Crippen LogP contribution < -0.4 is 5.32 Å². The van der Waals surface area contributed by atoms with Gasteiger partial charge in [-0.3, -0.25) is 0 Å². The van der Waals surface area contributed by atoms with Gasteiger partial charge in [0.1, 0.15) is 0 Å². The Balaban J connectivity index is 0. The molecule has 82 valence electrons. The average Bonchev–Trinajstić information content (AvgIpc) is 2.10. The summed E-state index contributed by atoms with van der Waals surface area (Å²) in [5.74, 6) is 0. The Kier molecular flexibility index (Phi) is 17.1. The first kappa shape index (κ1) is 15.4. The highest BCUT2D eigenvalue weighted by atomic mass is 16.0. The maximum atomic E-state index is 2.27. The summed E-state index contributed by atoms with van der Waals surface area (Å²) in [6.07, 6.45) is 11.5. The summed E-state index contributed by atoms with van der Waals surface area (Å²) in [6.45, 7) is 3.59. The highest BCUT2D eigenvalue weighted by molar-refractivity contribution is 4.44. The van der Waals surface area contributed by atoms with Crippen LogP contribution in [0.25, 0.3) is 0 Å². The predicted molar refractivity (Wildman–Crippen MR) is 57.3 cm³/mol. The van der Waals surface area contributed by atoms with E-state index < -0.39 is 0 Å². The molecule has 3 N–H and O–H groups in total. The van der Waals surface area contributed by atoms with Crippen LogP contribution in [0.3, 0.4) is 0 Å². The highest BCUT2D eigenvalue weighted by Gasteiger charge is 1.90. The Hall–Kier alpha value is -0.0800. The van der Waals surface area contributed by atoms with Crippen LogP contribution in [0.2, 0.25) is 0 Å². The van der Waals surface area contributed by atoms with E-state index in [1.807, 2.05) is 0 Å². The Morgan fingerprint density at radius 1 is 0.769 bits per heavy atom. The summed E-state index contributed by atoms with van der Waals surface area (Å²) in [5, 5.41) is 2.27. The molecule has 0 heterocycles. The fraction of sp³-hybridized carbons (Fsp3) is 1.00. The van der Waals surface area contributed by atoms with Gasteiger partial charge in [0.15, 0.2) is 0 Å². The van der Waals surface area contributed by atoms with Crippen LogP contribution in [0.5, 0.6) is 0 Å². The Bertz CT molecular complexity index is 66.5. The van der Waals surface area contributed by atoms with Crippen molar-refractivity contribution in [3.63, 3.8) is 0 Å². The van der Waals surface area contributed by atoms with Crippen LogP contribution in [0.15, 0.2) is 0 Å². The zero-order chi connectivity index (χ0) is 9.07. The van der Waals surface area contributed by atoms with E-state index in [1.54, 1.807) is 0 Å². The van der Waals surface area contributed by atoms with E-state index in [9.17, 15) is 0 Å². The molecule has 0 aliphatic heterocycles. The van der Waals surface area contributed by atoms with Crippen molar-refractivity contribution in [1.82, 2.24) is 0 Å². The molecule has 0 aromatic carbocycles. The van der Waals surface area contributed by atoms with Crippen LogP contribution in [0, 0.1) is 0 Å². The summed E-state index contributed by atoms with van der Waals surface area (Å²) >= 11 is 0. The van der Waals surface area contributed by atoms with Crippen molar-refractivity contribution < 1.29 is 10.8 Å². The molecule has 0 aromatic rings. The smallest absolute Gasteiger partial charge is 0.0753 e. The van der Waals surface area contributed by atoms with Gasteiger partial charge in [-0.15, -0.1) is 0 Å². The summed E-state index contributed by atoms with van der Waals surface area (Å²) in [6, 6.07) is 0. The van der Waals surface area contributed by atoms with Crippen LogP contribution in [0.1, 0.15) is 58.3 Å². The minimum absolute atomic E-state index is 0. The lowest BCUT2D eigenvalue weighted by Gasteiger charge is -1.99. The predicted octanol–water partition coefficient (Wildman–Crippen LogP) is 2.14. The number of hydrogen-bond donors (Lipinski definition) is 1. The molecular weight excluding hydrogens is 162 g/mol. The second-order valence-electron chi connectivity index (χ2n) is 3.67. The van der Waals surface area contributed by atoms with Gasteiger partial charge >= 0.3 is 0 Å². The molecule has 2 nitrogen and oxygen atoms in total. The molecule has 0 saturated carbocycles. The van der Waals surface area contributed by atoms with E-state index in [2.05, 4.69) is 19.3 Å². The maximum absolute atomic E-state index is 2.27. The van der Waals surface area contributed by atoms with Gasteiger partial charge in [0.05, 0.1) is 13.6 Å². The molecule has 0 rings (SSSR count). The molecule has 0 aliphatic rings. The molecule has 0 bridgehead atoms. The number of unbranched alkanes of at least 4 members (excludes halogenated alkanes) is 7. The van der Waals surface area contributed by atoms with Crippen molar-refractivity contribution in [3.05, 3.63) is 0 Å². The largest absolute Gasteiger partial charge is 0.870 e. The van der Waals surface area contributed by atoms with Crippen molar-refractivity contribution in [2.75, 3.05) is 13.6 Å². The van der Waals surface area contributed by atoms with E-state index in [4.69, 9.17) is 0 Å². The van der Waals surface area contributed by atoms with Gasteiger partial charge in [-0.25, -0.2) is 0 Å². The average molecular weight is 189 g/mol. The first-order valence-electron chi connectivity index (χ1n) is 5.69. The van der Waals surface area contributed by atoms with Crippen molar-refractivity contribution in [2.45, 2.75) is 58.3 Å². The summed E-state index contributed by atoms with van der Waals surface area (Å²) in [5.41, 5.74) is 0. The molecule has 13 heavy (non-hydrogen) atoms. The molecule has 0 unspecified atom stereocenters. The molecular formula is C11H27NO. The normalized spacial score (nSPS) is 9.69. The van der Waals surface area contributed by atoms with Gasteiger partial charge < -0.3 is 10.8 Å². The second kappa shape index (κ2) is 14.4. The van der Waals surface area contributed by atoms with Gasteiger partial charge in [0.2, 0.25) is 0 Å². The van der Waals surface area contributed by atoms with E-state index in [0.717, 1.165) is 0 Å². The summed E-state index contributed by atoms with van der Waals surface area (Å²) < 4.78 is 0. The van der Waals surface area contributed by atoms with Gasteiger partial charge in [0.25, 0.3) is 0 Å². The van der Waals surface area contributed by atoms with Crippen molar-refractivity contribution >= 4 is 0 Å². The SMILES string of the molecule is CCCCCCCCCC[NH2+]C.[OH-]. The molecule has 0 aromatic heterocycles. The quantitative estimate of drug-likeness (QED) is 0.555. The van der Waals surface area contributed by atoms with Gasteiger partial charge in [0, 0.05) is 0 Å². The van der Waals surface area contributed by atoms with Crippen LogP contribution in [0.4, 0.5) is 0 Å². The first-order valence-corrected chi connectivity index (χ1v) is 5.69. The maximum Gasteiger partial charge on any atom is 0.0753 e. The number of hydrogen-bond acceptors (Lipinski definition) is 1. The van der Waals surface area contributed by atoms with Gasteiger partial charge in [-0.1, -0.05) is 45.4 Å². The van der Waals surface area contributed by atoms with E-state index in [0.29, 0.717) is 0 Å². The fourth-order valence-electron chi connectivity index (χ4n) is 1.48. The van der Waals surface area contributed by atoms with Crippen molar-refractivity contribution in [1.29, 1.82) is 0 Å². The van der Waals surface area contributed by atoms with Gasteiger partial charge in [-0.05, 0) is 12.8 Å². The topological polar surface area (TPSA) is 46.6 Å². The summed E-state index contributed by atoms with van der Waals surface area (Å²) in [7, 11) is 2.15. The lowest BCUT2D eigenvalue weighted by Crippen LogP contribution is -2.79. The molecule has 0 amide bonds. The standard InChI is InChI=1S/C11H25N.H2O/c1-3-4-5-6-7-8-9-10-11-12-2;/h12H,3-11H2,1-2H3;1H2. The Labute approximate surface area is 83.4 Å². The first-order chi connectivity index (χ1) is 5.91. The Morgan fingerprint density at radius 2 is 1.23 bits per heavy atom. The lowest BCUT2D eigenvalue weighted by molar-refractivity contribution is -0.627. The molecule has 0 radical (unpaired) electrons. The number of nitrogens with two attached hydrogens (primary N) is 1. The third-order valence-corrected chi connectivity index (χ3v) is 2.35. The Morgan fingerprint density at radius 3 is 1.69 bits per heavy atom. The van der Waals surface area contributed by atoms with E-state index >= 15 is 0 Å². The fourth-order valence-corrected chi connectivity index (χ4v) is 1.48. The molecule has 0 aliphatic carbocycles. The van der Waals surface area contributed by atoms with Crippen molar-refractivity contribution in [2.24, 2.45) is 0 Å². The third kappa shape index (κ3) is 14.7. The van der Waals surface area contributed by atoms with Crippen LogP contribution in [-0.4, -0.2) is 19.1 Å². The highest BCUT2D eigenvalue weighted by Crippen LogP contribution is 2.07. The molecule has 0 saturated heterocycles. The monoisotopic (exact) mass is 189 g/mol. The number of quaternary nitrogens is 1. The minimum atomic E-state index is 0. The third-order valence-electron chi connectivity index (χ3n) is 2.35. The molecule has 0 atom stereocenters. The zero-order valence-corrected chi connectivity index (χ0v) is 9.39. The van der Waals surface area contributed by atoms with Crippen molar-refractivity contribution in [3.8, 4) is 0 Å². The molecule has 0 fully saturated rings. The lowest BCUT2D eigenvalue weighted by atomic mass is 10.1. The van der Waals surface area contributed by atoms with Crippen LogP contribution >= 0.6 is 0 Å².